The first kappa shape index (κ1) is 13.8. The lowest BCUT2D eigenvalue weighted by atomic mass is 10.2. The maximum Gasteiger partial charge on any atom is 0.316 e. The molecule has 5 nitrogen and oxygen atoms in total. The van der Waals surface area contributed by atoms with Crippen LogP contribution in [-0.2, 0) is 4.79 Å². The Morgan fingerprint density at radius 2 is 1.70 bits per heavy atom. The van der Waals surface area contributed by atoms with Crippen molar-refractivity contribution in [3.05, 3.63) is 52.7 Å². The molecule has 0 radical (unpaired) electrons. The predicted molar refractivity (Wildman–Crippen MR) is 81.6 cm³/mol. The van der Waals surface area contributed by atoms with Crippen molar-refractivity contribution in [3.8, 4) is 0 Å². The summed E-state index contributed by atoms with van der Waals surface area (Å²) in [4.78, 5) is 23.4. The molecule has 0 aliphatic heterocycles. The van der Waals surface area contributed by atoms with Crippen molar-refractivity contribution in [1.29, 1.82) is 0 Å². The molecule has 0 atom stereocenters. The SMILES string of the molecule is NC(=O)Nc1ccc(NC(=O)/C=C/c2cccs2)cc1. The molecule has 4 N–H and O–H groups in total. The van der Waals surface area contributed by atoms with E-state index in [4.69, 9.17) is 5.73 Å². The molecule has 1 aromatic carbocycles. The summed E-state index contributed by atoms with van der Waals surface area (Å²) in [5.41, 5.74) is 6.21. The third-order valence-corrected chi connectivity index (χ3v) is 3.20. The van der Waals surface area contributed by atoms with Crippen LogP contribution in [0.1, 0.15) is 4.88 Å². The van der Waals surface area contributed by atoms with E-state index in [1.165, 1.54) is 6.08 Å². The van der Waals surface area contributed by atoms with Gasteiger partial charge in [-0.2, -0.15) is 0 Å². The molecule has 1 heterocycles. The molecule has 0 saturated heterocycles. The fourth-order valence-electron chi connectivity index (χ4n) is 1.51. The monoisotopic (exact) mass is 287 g/mol. The molecule has 0 unspecified atom stereocenters. The number of thiophene rings is 1. The number of amides is 3. The molecule has 2 rings (SSSR count). The van der Waals surface area contributed by atoms with Crippen molar-refractivity contribution in [2.45, 2.75) is 0 Å². The predicted octanol–water partition coefficient (Wildman–Crippen LogP) is 2.89. The van der Waals surface area contributed by atoms with Gasteiger partial charge in [0.25, 0.3) is 0 Å². The number of rotatable bonds is 4. The highest BCUT2D eigenvalue weighted by molar-refractivity contribution is 7.10. The topological polar surface area (TPSA) is 84.2 Å². The van der Waals surface area contributed by atoms with Crippen LogP contribution >= 0.6 is 11.3 Å². The summed E-state index contributed by atoms with van der Waals surface area (Å²) in [5, 5.41) is 7.11. The Labute approximate surface area is 120 Å². The molecular formula is C14H13N3O2S. The average molecular weight is 287 g/mol. The van der Waals surface area contributed by atoms with E-state index in [0.717, 1.165) is 4.88 Å². The van der Waals surface area contributed by atoms with Crippen LogP contribution in [0.3, 0.4) is 0 Å². The summed E-state index contributed by atoms with van der Waals surface area (Å²) in [6.07, 6.45) is 3.23. The highest BCUT2D eigenvalue weighted by atomic mass is 32.1. The van der Waals surface area contributed by atoms with Gasteiger partial charge in [-0.15, -0.1) is 11.3 Å². The number of hydrogen-bond donors (Lipinski definition) is 3. The van der Waals surface area contributed by atoms with Crippen molar-refractivity contribution in [2.24, 2.45) is 5.73 Å². The summed E-state index contributed by atoms with van der Waals surface area (Å²) in [6.45, 7) is 0. The Morgan fingerprint density at radius 3 is 2.25 bits per heavy atom. The van der Waals surface area contributed by atoms with Crippen molar-refractivity contribution in [1.82, 2.24) is 0 Å². The van der Waals surface area contributed by atoms with Crippen LogP contribution in [0.2, 0.25) is 0 Å². The van der Waals surface area contributed by atoms with Gasteiger partial charge in [-0.1, -0.05) is 6.07 Å². The van der Waals surface area contributed by atoms with Crippen molar-refractivity contribution in [2.75, 3.05) is 10.6 Å². The van der Waals surface area contributed by atoms with Crippen LogP contribution in [0.5, 0.6) is 0 Å². The lowest BCUT2D eigenvalue weighted by Gasteiger charge is -2.04. The summed E-state index contributed by atoms with van der Waals surface area (Å²) in [6, 6.07) is 9.91. The number of hydrogen-bond acceptors (Lipinski definition) is 3. The Kier molecular flexibility index (Phi) is 4.52. The number of carbonyl (C=O) groups is 2. The molecule has 0 aliphatic rings. The maximum absolute atomic E-state index is 11.7. The minimum atomic E-state index is -0.624. The summed E-state index contributed by atoms with van der Waals surface area (Å²) >= 11 is 1.56. The van der Waals surface area contributed by atoms with Crippen LogP contribution < -0.4 is 16.4 Å². The molecule has 0 saturated carbocycles. The molecule has 2 aromatic rings. The highest BCUT2D eigenvalue weighted by Gasteiger charge is 1.99. The minimum absolute atomic E-state index is 0.214. The number of carbonyl (C=O) groups excluding carboxylic acids is 2. The first-order valence-electron chi connectivity index (χ1n) is 5.82. The van der Waals surface area contributed by atoms with Gasteiger partial charge in [0.1, 0.15) is 0 Å². The molecule has 20 heavy (non-hydrogen) atoms. The van der Waals surface area contributed by atoms with E-state index < -0.39 is 6.03 Å². The maximum atomic E-state index is 11.7. The smallest absolute Gasteiger partial charge is 0.316 e. The second kappa shape index (κ2) is 6.53. The first-order valence-corrected chi connectivity index (χ1v) is 6.70. The van der Waals surface area contributed by atoms with E-state index in [9.17, 15) is 9.59 Å². The van der Waals surface area contributed by atoms with Crippen molar-refractivity contribution >= 4 is 40.7 Å². The third kappa shape index (κ3) is 4.25. The fourth-order valence-corrected chi connectivity index (χ4v) is 2.13. The van der Waals surface area contributed by atoms with E-state index >= 15 is 0 Å². The highest BCUT2D eigenvalue weighted by Crippen LogP contribution is 2.14. The molecule has 3 amide bonds. The Morgan fingerprint density at radius 1 is 1.05 bits per heavy atom. The second-order valence-corrected chi connectivity index (χ2v) is 4.88. The molecule has 0 bridgehead atoms. The van der Waals surface area contributed by atoms with Gasteiger partial charge in [-0.3, -0.25) is 4.79 Å². The summed E-state index contributed by atoms with van der Waals surface area (Å²) < 4.78 is 0. The molecular weight excluding hydrogens is 274 g/mol. The van der Waals surface area contributed by atoms with Crippen LogP contribution in [0.4, 0.5) is 16.2 Å². The third-order valence-electron chi connectivity index (χ3n) is 2.36. The Balaban J connectivity index is 1.92. The quantitative estimate of drug-likeness (QED) is 0.755. The van der Waals surface area contributed by atoms with Gasteiger partial charge in [0, 0.05) is 22.3 Å². The van der Waals surface area contributed by atoms with Gasteiger partial charge in [0.2, 0.25) is 5.91 Å². The number of nitrogens with one attached hydrogen (secondary N) is 2. The number of primary amides is 1. The van der Waals surface area contributed by atoms with Crippen molar-refractivity contribution in [3.63, 3.8) is 0 Å². The summed E-state index contributed by atoms with van der Waals surface area (Å²) in [7, 11) is 0. The van der Waals surface area contributed by atoms with Crippen LogP contribution in [0.25, 0.3) is 6.08 Å². The molecule has 0 spiro atoms. The van der Waals surface area contributed by atoms with Gasteiger partial charge in [0.15, 0.2) is 0 Å². The van der Waals surface area contributed by atoms with Crippen LogP contribution in [-0.4, -0.2) is 11.9 Å². The largest absolute Gasteiger partial charge is 0.351 e. The average Bonchev–Trinajstić information content (AvgIpc) is 2.91. The number of nitrogens with two attached hydrogens (primary N) is 1. The molecule has 6 heteroatoms. The number of benzene rings is 1. The normalized spacial score (nSPS) is 10.4. The first-order chi connectivity index (χ1) is 9.63. The zero-order chi connectivity index (χ0) is 14.4. The van der Waals surface area contributed by atoms with E-state index in [1.54, 1.807) is 41.7 Å². The number of urea groups is 1. The van der Waals surface area contributed by atoms with Gasteiger partial charge < -0.3 is 16.4 Å². The molecule has 0 aliphatic carbocycles. The van der Waals surface area contributed by atoms with Crippen LogP contribution in [0, 0.1) is 0 Å². The zero-order valence-corrected chi connectivity index (χ0v) is 11.3. The molecule has 102 valence electrons. The van der Waals surface area contributed by atoms with Gasteiger partial charge in [0.05, 0.1) is 0 Å². The molecule has 0 fully saturated rings. The van der Waals surface area contributed by atoms with Gasteiger partial charge in [-0.25, -0.2) is 4.79 Å². The van der Waals surface area contributed by atoms with Crippen molar-refractivity contribution < 1.29 is 9.59 Å². The number of anilines is 2. The fraction of sp³-hybridized carbons (Fsp3) is 0. The molecule has 1 aromatic heterocycles. The van der Waals surface area contributed by atoms with E-state index in [2.05, 4.69) is 10.6 Å². The van der Waals surface area contributed by atoms with Gasteiger partial charge >= 0.3 is 6.03 Å². The summed E-state index contributed by atoms with van der Waals surface area (Å²) in [5.74, 6) is -0.214. The minimum Gasteiger partial charge on any atom is -0.351 e. The lowest BCUT2D eigenvalue weighted by Crippen LogP contribution is -2.19. The van der Waals surface area contributed by atoms with E-state index in [-0.39, 0.29) is 5.91 Å². The Hall–Kier alpha value is -2.60. The van der Waals surface area contributed by atoms with E-state index in [1.807, 2.05) is 17.5 Å². The second-order valence-electron chi connectivity index (χ2n) is 3.90. The van der Waals surface area contributed by atoms with E-state index in [0.29, 0.717) is 11.4 Å². The lowest BCUT2D eigenvalue weighted by molar-refractivity contribution is -0.111. The van der Waals surface area contributed by atoms with Gasteiger partial charge in [-0.05, 0) is 41.8 Å². The Bertz CT molecular complexity index is 618. The van der Waals surface area contributed by atoms with Crippen LogP contribution in [0.15, 0.2) is 47.9 Å². The standard InChI is InChI=1S/C14H13N3O2S/c15-14(19)17-11-5-3-10(4-6-11)16-13(18)8-7-12-2-1-9-20-12/h1-9H,(H,16,18)(H3,15,17,19)/b8-7+. The zero-order valence-electron chi connectivity index (χ0n) is 10.5.